The Bertz CT molecular complexity index is 736. The number of carbonyl (C=O) groups is 1. The van der Waals surface area contributed by atoms with Gasteiger partial charge in [-0.1, -0.05) is 36.4 Å². The van der Waals surface area contributed by atoms with Crippen LogP contribution in [0.1, 0.15) is 30.2 Å². The van der Waals surface area contributed by atoms with Crippen LogP contribution in [0.3, 0.4) is 0 Å². The summed E-state index contributed by atoms with van der Waals surface area (Å²) in [5, 5.41) is 1.00. The number of aryl methyl sites for hydroxylation is 1. The largest absolute Gasteiger partial charge is 0.292 e. The molecule has 2 aromatic heterocycles. The molecule has 1 aliphatic rings. The Balaban J connectivity index is 1.90. The summed E-state index contributed by atoms with van der Waals surface area (Å²) in [5.41, 5.74) is 2.64. The lowest BCUT2D eigenvalue weighted by Gasteiger charge is -2.17. The Kier molecular flexibility index (Phi) is 4.82. The van der Waals surface area contributed by atoms with Gasteiger partial charge < -0.3 is 0 Å². The van der Waals surface area contributed by atoms with E-state index in [1.807, 2.05) is 19.1 Å². The third kappa shape index (κ3) is 3.48. The summed E-state index contributed by atoms with van der Waals surface area (Å²) in [5.74, 6) is 1.55. The maximum atomic E-state index is 12.4. The molecule has 0 aromatic carbocycles. The second-order valence-electron chi connectivity index (χ2n) is 5.41. The van der Waals surface area contributed by atoms with Crippen molar-refractivity contribution in [3.8, 4) is 0 Å². The zero-order valence-electron chi connectivity index (χ0n) is 13.0. The minimum atomic E-state index is -0.00517. The summed E-state index contributed by atoms with van der Waals surface area (Å²) in [6, 6.07) is 3.91. The topological polar surface area (TPSA) is 59.0 Å². The van der Waals surface area contributed by atoms with Crippen LogP contribution in [0.25, 0.3) is 0 Å². The van der Waals surface area contributed by atoms with Crippen LogP contribution in [0.2, 0.25) is 5.15 Å². The van der Waals surface area contributed by atoms with Crippen LogP contribution in [0, 0.1) is 6.92 Å². The number of hydrogen-bond acceptors (Lipinski definition) is 5. The van der Waals surface area contributed by atoms with Gasteiger partial charge in [-0.2, -0.15) is 0 Å². The molecule has 0 saturated carbocycles. The zero-order valence-corrected chi connectivity index (χ0v) is 14.6. The van der Waals surface area contributed by atoms with Gasteiger partial charge in [0.2, 0.25) is 5.91 Å². The third-order valence-electron chi connectivity index (χ3n) is 3.55. The summed E-state index contributed by atoms with van der Waals surface area (Å²) < 4.78 is 0. The molecule has 23 heavy (non-hydrogen) atoms. The summed E-state index contributed by atoms with van der Waals surface area (Å²) >= 11 is 7.81. The molecule has 0 unspecified atom stereocenters. The molecule has 0 saturated heterocycles. The van der Waals surface area contributed by atoms with Crippen molar-refractivity contribution in [2.75, 3.05) is 10.7 Å². The van der Waals surface area contributed by atoms with E-state index < -0.39 is 0 Å². The number of rotatable bonds is 5. The molecule has 0 N–H and O–H groups in total. The predicted molar refractivity (Wildman–Crippen MR) is 91.9 cm³/mol. The van der Waals surface area contributed by atoms with Crippen molar-refractivity contribution in [2.45, 2.75) is 38.4 Å². The normalized spacial score (nSPS) is 13.5. The van der Waals surface area contributed by atoms with Gasteiger partial charge in [-0.25, -0.2) is 9.97 Å². The molecule has 0 radical (unpaired) electrons. The van der Waals surface area contributed by atoms with E-state index in [1.165, 1.54) is 0 Å². The summed E-state index contributed by atoms with van der Waals surface area (Å²) in [7, 11) is 0. The van der Waals surface area contributed by atoms with E-state index in [0.717, 1.165) is 29.0 Å². The number of aromatic nitrogens is 3. The number of carbonyl (C=O) groups excluding carboxylic acids is 1. The Morgan fingerprint density at radius 1 is 1.35 bits per heavy atom. The van der Waals surface area contributed by atoms with Crippen molar-refractivity contribution in [3.05, 3.63) is 40.3 Å². The van der Waals surface area contributed by atoms with Crippen molar-refractivity contribution in [3.63, 3.8) is 0 Å². The minimum absolute atomic E-state index is 0.00517. The molecule has 0 bridgehead atoms. The maximum Gasteiger partial charge on any atom is 0.233 e. The van der Waals surface area contributed by atoms with E-state index in [2.05, 4.69) is 21.9 Å². The highest BCUT2D eigenvalue weighted by atomic mass is 35.5. The molecule has 1 amide bonds. The molecule has 120 valence electrons. The first-order valence-corrected chi connectivity index (χ1v) is 8.86. The second kappa shape index (κ2) is 6.84. The fourth-order valence-electron chi connectivity index (χ4n) is 2.36. The highest BCUT2D eigenvalue weighted by Gasteiger charge is 2.32. The Labute approximate surface area is 144 Å². The quantitative estimate of drug-likeness (QED) is 0.470. The van der Waals surface area contributed by atoms with Gasteiger partial charge in [-0.15, -0.1) is 0 Å². The van der Waals surface area contributed by atoms with Crippen LogP contribution in [-0.2, 0) is 17.8 Å². The van der Waals surface area contributed by atoms with Crippen LogP contribution in [0.4, 0.5) is 5.82 Å². The molecule has 1 aliphatic heterocycles. The van der Waals surface area contributed by atoms with E-state index in [1.54, 1.807) is 22.9 Å². The summed E-state index contributed by atoms with van der Waals surface area (Å²) in [6.45, 7) is 4.48. The molecule has 0 aliphatic carbocycles. The predicted octanol–water partition coefficient (Wildman–Crippen LogP) is 3.42. The summed E-state index contributed by atoms with van der Waals surface area (Å²) in [6.07, 6.45) is 3.07. The van der Waals surface area contributed by atoms with Crippen molar-refractivity contribution < 1.29 is 4.79 Å². The van der Waals surface area contributed by atoms with Gasteiger partial charge in [-0.3, -0.25) is 14.7 Å². The molecule has 0 spiro atoms. The van der Waals surface area contributed by atoms with Crippen LogP contribution in [-0.4, -0.2) is 26.6 Å². The van der Waals surface area contributed by atoms with E-state index in [0.29, 0.717) is 22.7 Å². The first kappa shape index (κ1) is 16.2. The van der Waals surface area contributed by atoms with Gasteiger partial charge in [-0.05, 0) is 25.0 Å². The van der Waals surface area contributed by atoms with Crippen molar-refractivity contribution in [2.24, 2.45) is 0 Å². The second-order valence-corrected chi connectivity index (χ2v) is 6.83. The van der Waals surface area contributed by atoms with Crippen LogP contribution in [0.15, 0.2) is 23.5 Å². The lowest BCUT2D eigenvalue weighted by atomic mass is 10.2. The standard InChI is InChI=1S/C16H17ClN4OS/c1-3-6-23-16-19-14(17)12-7-13(22)21(15(12)20-16)9-11-5-4-10(2)18-8-11/h4-5,8H,3,6-7,9H2,1-2H3. The number of nitrogens with zero attached hydrogens (tertiary/aromatic N) is 4. The molecule has 3 rings (SSSR count). The molecule has 0 atom stereocenters. The number of amides is 1. The van der Waals surface area contributed by atoms with Crippen LogP contribution in [0.5, 0.6) is 0 Å². The monoisotopic (exact) mass is 348 g/mol. The number of fused-ring (bicyclic) bond motifs is 1. The minimum Gasteiger partial charge on any atom is -0.292 e. The molecule has 2 aromatic rings. The smallest absolute Gasteiger partial charge is 0.233 e. The van der Waals surface area contributed by atoms with Gasteiger partial charge in [0.15, 0.2) is 5.16 Å². The van der Waals surface area contributed by atoms with Gasteiger partial charge >= 0.3 is 0 Å². The van der Waals surface area contributed by atoms with Crippen LogP contribution < -0.4 is 4.90 Å². The molecule has 5 nitrogen and oxygen atoms in total. The number of halogens is 1. The number of thioether (sulfide) groups is 1. The number of pyridine rings is 1. The van der Waals surface area contributed by atoms with Crippen molar-refractivity contribution in [1.82, 2.24) is 15.0 Å². The van der Waals surface area contributed by atoms with Crippen LogP contribution >= 0.6 is 23.4 Å². The van der Waals surface area contributed by atoms with E-state index in [-0.39, 0.29) is 12.3 Å². The zero-order chi connectivity index (χ0) is 16.4. The van der Waals surface area contributed by atoms with Crippen molar-refractivity contribution in [1.29, 1.82) is 0 Å². The van der Waals surface area contributed by atoms with Gasteiger partial charge in [0.25, 0.3) is 0 Å². The fraction of sp³-hybridized carbons (Fsp3) is 0.375. The fourth-order valence-corrected chi connectivity index (χ4v) is 3.34. The molecule has 0 fully saturated rings. The molecule has 3 heterocycles. The average molecular weight is 349 g/mol. The first-order valence-electron chi connectivity index (χ1n) is 7.49. The van der Waals surface area contributed by atoms with Crippen molar-refractivity contribution >= 4 is 35.1 Å². The number of anilines is 1. The lowest BCUT2D eigenvalue weighted by Crippen LogP contribution is -2.26. The maximum absolute atomic E-state index is 12.4. The highest BCUT2D eigenvalue weighted by Crippen LogP contribution is 2.34. The number of hydrogen-bond donors (Lipinski definition) is 0. The molecular formula is C16H17ClN4OS. The Morgan fingerprint density at radius 3 is 2.87 bits per heavy atom. The van der Waals surface area contributed by atoms with E-state index in [9.17, 15) is 4.79 Å². The summed E-state index contributed by atoms with van der Waals surface area (Å²) in [4.78, 5) is 27.1. The lowest BCUT2D eigenvalue weighted by molar-refractivity contribution is -0.117. The highest BCUT2D eigenvalue weighted by molar-refractivity contribution is 7.99. The van der Waals surface area contributed by atoms with Gasteiger partial charge in [0, 0.05) is 23.2 Å². The molecule has 7 heteroatoms. The first-order chi connectivity index (χ1) is 11.1. The Morgan fingerprint density at radius 2 is 2.17 bits per heavy atom. The Hall–Kier alpha value is -1.66. The molecular weight excluding hydrogens is 332 g/mol. The third-order valence-corrected chi connectivity index (χ3v) is 4.91. The SMILES string of the molecule is CCCSc1nc(Cl)c2c(n1)N(Cc1ccc(C)nc1)C(=O)C2. The van der Waals surface area contributed by atoms with E-state index >= 15 is 0 Å². The van der Waals surface area contributed by atoms with E-state index in [4.69, 9.17) is 11.6 Å². The average Bonchev–Trinajstić information content (AvgIpc) is 2.84. The van der Waals surface area contributed by atoms with Gasteiger partial charge in [0.05, 0.1) is 13.0 Å². The van der Waals surface area contributed by atoms with Gasteiger partial charge in [0.1, 0.15) is 11.0 Å².